The maximum atomic E-state index is 12.4. The highest BCUT2D eigenvalue weighted by molar-refractivity contribution is 9.10. The third-order valence-electron chi connectivity index (χ3n) is 3.06. The van der Waals surface area contributed by atoms with Crippen molar-refractivity contribution in [1.29, 1.82) is 0 Å². The quantitative estimate of drug-likeness (QED) is 0.462. The van der Waals surface area contributed by atoms with Crippen LogP contribution in [0.25, 0.3) is 0 Å². The molecular formula is C11H7Br2N3O3. The van der Waals surface area contributed by atoms with E-state index in [1.165, 1.54) is 0 Å². The van der Waals surface area contributed by atoms with Crippen molar-refractivity contribution >= 4 is 55.3 Å². The summed E-state index contributed by atoms with van der Waals surface area (Å²) < 4.78 is -0.617. The Morgan fingerprint density at radius 3 is 2.68 bits per heavy atom. The highest BCUT2D eigenvalue weighted by Crippen LogP contribution is 2.37. The van der Waals surface area contributed by atoms with Gasteiger partial charge >= 0.3 is 6.03 Å². The average molecular weight is 389 g/mol. The molecule has 2 atom stereocenters. The van der Waals surface area contributed by atoms with Crippen molar-refractivity contribution in [2.75, 3.05) is 5.32 Å². The van der Waals surface area contributed by atoms with Gasteiger partial charge in [-0.15, -0.1) is 0 Å². The van der Waals surface area contributed by atoms with Gasteiger partial charge in [-0.25, -0.2) is 4.79 Å². The monoisotopic (exact) mass is 387 g/mol. The van der Waals surface area contributed by atoms with Crippen LogP contribution in [0.2, 0.25) is 0 Å². The number of alkyl halides is 1. The molecule has 8 heteroatoms. The molecule has 19 heavy (non-hydrogen) atoms. The van der Waals surface area contributed by atoms with E-state index >= 15 is 0 Å². The van der Waals surface area contributed by atoms with E-state index in [4.69, 9.17) is 0 Å². The predicted octanol–water partition coefficient (Wildman–Crippen LogP) is 1.36. The highest BCUT2D eigenvalue weighted by atomic mass is 79.9. The molecule has 0 radical (unpaired) electrons. The maximum Gasteiger partial charge on any atom is 0.322 e. The Morgan fingerprint density at radius 1 is 1.21 bits per heavy atom. The van der Waals surface area contributed by atoms with E-state index in [9.17, 15) is 14.4 Å². The topological polar surface area (TPSA) is 87.3 Å². The molecule has 0 saturated carbocycles. The van der Waals surface area contributed by atoms with E-state index < -0.39 is 22.4 Å². The molecule has 2 heterocycles. The number of imide groups is 1. The number of hydrogen-bond donors (Lipinski definition) is 3. The van der Waals surface area contributed by atoms with Crippen molar-refractivity contribution in [3.05, 3.63) is 28.2 Å². The third-order valence-corrected chi connectivity index (χ3v) is 4.57. The van der Waals surface area contributed by atoms with Gasteiger partial charge in [-0.1, -0.05) is 15.9 Å². The van der Waals surface area contributed by atoms with E-state index in [-0.39, 0.29) is 5.78 Å². The highest BCUT2D eigenvalue weighted by Gasteiger charge is 2.55. The third kappa shape index (κ3) is 1.78. The summed E-state index contributed by atoms with van der Waals surface area (Å²) in [4.78, 5) is 35.7. The van der Waals surface area contributed by atoms with Gasteiger partial charge in [0.25, 0.3) is 5.91 Å². The van der Waals surface area contributed by atoms with Crippen LogP contribution in [-0.4, -0.2) is 28.2 Å². The van der Waals surface area contributed by atoms with Gasteiger partial charge in [0.1, 0.15) is 6.04 Å². The number of nitrogens with one attached hydrogen (secondary N) is 3. The molecule has 0 aromatic heterocycles. The number of carbonyl (C=O) groups is 3. The van der Waals surface area contributed by atoms with Crippen LogP contribution < -0.4 is 16.0 Å². The molecule has 1 fully saturated rings. The van der Waals surface area contributed by atoms with Crippen LogP contribution in [0.15, 0.2) is 22.7 Å². The first-order valence-corrected chi connectivity index (χ1v) is 6.93. The van der Waals surface area contributed by atoms with Crippen LogP contribution in [0.5, 0.6) is 0 Å². The predicted molar refractivity (Wildman–Crippen MR) is 74.2 cm³/mol. The van der Waals surface area contributed by atoms with E-state index in [1.807, 2.05) is 0 Å². The fraction of sp³-hybridized carbons (Fsp3) is 0.182. The molecule has 0 aliphatic carbocycles. The van der Waals surface area contributed by atoms with E-state index in [1.54, 1.807) is 18.2 Å². The number of rotatable bonds is 0. The molecule has 2 aliphatic rings. The molecule has 1 aromatic carbocycles. The van der Waals surface area contributed by atoms with Gasteiger partial charge in [-0.05, 0) is 34.1 Å². The number of fused-ring (bicyclic) bond motifs is 2. The zero-order chi connectivity index (χ0) is 13.8. The SMILES string of the molecule is O=C1NC(=O)[C@]2(Br)Nc3ccc(Br)cc3C(=O)[C@H]2N1. The lowest BCUT2D eigenvalue weighted by atomic mass is 9.90. The second-order valence-electron chi connectivity index (χ2n) is 4.25. The molecular weight excluding hydrogens is 382 g/mol. The molecule has 3 rings (SSSR count). The van der Waals surface area contributed by atoms with Gasteiger partial charge < -0.3 is 10.6 Å². The van der Waals surface area contributed by atoms with Crippen LogP contribution in [-0.2, 0) is 4.79 Å². The molecule has 6 nitrogen and oxygen atoms in total. The summed E-state index contributed by atoms with van der Waals surface area (Å²) in [6.45, 7) is 0. The molecule has 1 saturated heterocycles. The number of ketones is 1. The molecule has 1 aromatic rings. The lowest BCUT2D eigenvalue weighted by Crippen LogP contribution is -2.72. The fourth-order valence-electron chi connectivity index (χ4n) is 2.15. The summed E-state index contributed by atoms with van der Waals surface area (Å²) in [6, 6.07) is 3.43. The second-order valence-corrected chi connectivity index (χ2v) is 6.42. The number of Topliss-reactive ketones (excluding diaryl/α,β-unsaturated/α-hetero) is 1. The minimum atomic E-state index is -1.36. The number of hydrogen-bond acceptors (Lipinski definition) is 4. The Kier molecular flexibility index (Phi) is 2.68. The van der Waals surface area contributed by atoms with E-state index in [2.05, 4.69) is 47.8 Å². The summed E-state index contributed by atoms with van der Waals surface area (Å²) in [7, 11) is 0. The Morgan fingerprint density at radius 2 is 1.95 bits per heavy atom. The minimum absolute atomic E-state index is 0.324. The molecule has 3 amide bonds. The number of anilines is 1. The van der Waals surface area contributed by atoms with Crippen LogP contribution in [0.1, 0.15) is 10.4 Å². The first-order chi connectivity index (χ1) is 8.91. The standard InChI is InChI=1S/C11H7Br2N3O3/c12-4-1-2-6-5(3-4)7(17)8-11(13,16-6)9(18)15-10(19)14-8/h1-3,8,16H,(H2,14,15,18,19)/t8-,11-/m1/s1. The molecule has 98 valence electrons. The van der Waals surface area contributed by atoms with Gasteiger partial charge in [0, 0.05) is 15.7 Å². The van der Waals surface area contributed by atoms with E-state index in [0.717, 1.165) is 4.47 Å². The van der Waals surface area contributed by atoms with Crippen molar-refractivity contribution in [2.45, 2.75) is 10.5 Å². The average Bonchev–Trinajstić information content (AvgIpc) is 2.34. The first kappa shape index (κ1) is 12.6. The molecule has 0 unspecified atom stereocenters. The lowest BCUT2D eigenvalue weighted by molar-refractivity contribution is -0.122. The number of benzene rings is 1. The number of halogens is 2. The summed E-state index contributed by atoms with van der Waals surface area (Å²) in [6.07, 6.45) is 0. The molecule has 3 N–H and O–H groups in total. The Balaban J connectivity index is 2.15. The Hall–Kier alpha value is -1.41. The summed E-state index contributed by atoms with van der Waals surface area (Å²) >= 11 is 6.51. The Bertz CT molecular complexity index is 634. The van der Waals surface area contributed by atoms with Crippen LogP contribution in [0.3, 0.4) is 0 Å². The zero-order valence-electron chi connectivity index (χ0n) is 9.29. The van der Waals surface area contributed by atoms with E-state index in [0.29, 0.717) is 11.3 Å². The van der Waals surface area contributed by atoms with Crippen LogP contribution in [0, 0.1) is 0 Å². The van der Waals surface area contributed by atoms with Gasteiger partial charge in [0.05, 0.1) is 0 Å². The smallest absolute Gasteiger partial charge is 0.322 e. The summed E-state index contributed by atoms with van der Waals surface area (Å²) in [5.41, 5.74) is 0.956. The van der Waals surface area contributed by atoms with Gasteiger partial charge in [-0.2, -0.15) is 0 Å². The molecule has 2 aliphatic heterocycles. The second kappa shape index (κ2) is 4.04. The van der Waals surface area contributed by atoms with Crippen molar-refractivity contribution in [3.8, 4) is 0 Å². The Labute approximate surface area is 124 Å². The van der Waals surface area contributed by atoms with Crippen molar-refractivity contribution in [1.82, 2.24) is 10.6 Å². The van der Waals surface area contributed by atoms with Crippen molar-refractivity contribution in [3.63, 3.8) is 0 Å². The number of amides is 3. The van der Waals surface area contributed by atoms with Gasteiger partial charge in [-0.3, -0.25) is 14.9 Å². The van der Waals surface area contributed by atoms with Crippen molar-refractivity contribution < 1.29 is 14.4 Å². The largest absolute Gasteiger partial charge is 0.360 e. The first-order valence-electron chi connectivity index (χ1n) is 5.34. The fourth-order valence-corrected chi connectivity index (χ4v) is 3.14. The molecule has 0 bridgehead atoms. The number of carbonyl (C=O) groups excluding carboxylic acids is 3. The molecule has 0 spiro atoms. The summed E-state index contributed by atoms with van der Waals surface area (Å²) in [5.74, 6) is -0.918. The van der Waals surface area contributed by atoms with Gasteiger partial charge in [0.15, 0.2) is 5.78 Å². The maximum absolute atomic E-state index is 12.4. The van der Waals surface area contributed by atoms with Crippen LogP contribution >= 0.6 is 31.9 Å². The lowest BCUT2D eigenvalue weighted by Gasteiger charge is -2.42. The normalized spacial score (nSPS) is 28.7. The van der Waals surface area contributed by atoms with Gasteiger partial charge in [0.2, 0.25) is 4.45 Å². The number of urea groups is 1. The zero-order valence-corrected chi connectivity index (χ0v) is 12.5. The minimum Gasteiger partial charge on any atom is -0.360 e. The van der Waals surface area contributed by atoms with Crippen LogP contribution in [0.4, 0.5) is 10.5 Å². The van der Waals surface area contributed by atoms with Crippen molar-refractivity contribution in [2.24, 2.45) is 0 Å². The summed E-state index contributed by atoms with van der Waals surface area (Å²) in [5, 5.41) is 7.53.